The van der Waals surface area contributed by atoms with Crippen molar-refractivity contribution in [3.8, 4) is 0 Å². The normalized spacial score (nSPS) is 16.9. The SMILES string of the molecule is C[C@H]1CN(C(=O)c2cc(F)c(F)c(F)c2)CCN1C(=O)c1cc(F)c(F)c(F)c1. The molecule has 154 valence electrons. The minimum Gasteiger partial charge on any atom is -0.335 e. The molecule has 1 saturated heterocycles. The molecular formula is C19H14F6N2O2. The van der Waals surface area contributed by atoms with Gasteiger partial charge in [-0.25, -0.2) is 26.3 Å². The second kappa shape index (κ2) is 7.76. The summed E-state index contributed by atoms with van der Waals surface area (Å²) in [7, 11) is 0. The zero-order valence-corrected chi connectivity index (χ0v) is 15.0. The van der Waals surface area contributed by atoms with E-state index in [1.165, 1.54) is 9.80 Å². The third-order valence-electron chi connectivity index (χ3n) is 4.64. The van der Waals surface area contributed by atoms with Crippen molar-refractivity contribution in [1.29, 1.82) is 0 Å². The lowest BCUT2D eigenvalue weighted by Gasteiger charge is -2.40. The summed E-state index contributed by atoms with van der Waals surface area (Å²) in [5, 5.41) is 0. The zero-order chi connectivity index (χ0) is 21.5. The van der Waals surface area contributed by atoms with E-state index in [0.29, 0.717) is 24.3 Å². The van der Waals surface area contributed by atoms with Crippen LogP contribution in [0.15, 0.2) is 24.3 Å². The predicted molar refractivity (Wildman–Crippen MR) is 89.0 cm³/mol. The largest absolute Gasteiger partial charge is 0.335 e. The maximum Gasteiger partial charge on any atom is 0.254 e. The predicted octanol–water partition coefficient (Wildman–Crippen LogP) is 3.51. The van der Waals surface area contributed by atoms with Crippen molar-refractivity contribution in [2.24, 2.45) is 0 Å². The third-order valence-corrected chi connectivity index (χ3v) is 4.64. The van der Waals surface area contributed by atoms with Gasteiger partial charge < -0.3 is 9.80 Å². The fourth-order valence-electron chi connectivity index (χ4n) is 3.15. The molecule has 0 saturated carbocycles. The van der Waals surface area contributed by atoms with Crippen LogP contribution in [0, 0.1) is 34.9 Å². The molecule has 1 atom stereocenters. The van der Waals surface area contributed by atoms with Crippen molar-refractivity contribution in [3.63, 3.8) is 0 Å². The Bertz CT molecular complexity index is 951. The molecule has 1 heterocycles. The van der Waals surface area contributed by atoms with Crippen LogP contribution >= 0.6 is 0 Å². The minimum absolute atomic E-state index is 0.0400. The van der Waals surface area contributed by atoms with Crippen LogP contribution in [0.1, 0.15) is 27.6 Å². The van der Waals surface area contributed by atoms with Gasteiger partial charge in [0.05, 0.1) is 0 Å². The van der Waals surface area contributed by atoms with Crippen molar-refractivity contribution >= 4 is 11.8 Å². The molecule has 0 N–H and O–H groups in total. The smallest absolute Gasteiger partial charge is 0.254 e. The van der Waals surface area contributed by atoms with Crippen molar-refractivity contribution in [2.45, 2.75) is 13.0 Å². The molecule has 10 heteroatoms. The quantitative estimate of drug-likeness (QED) is 0.556. The van der Waals surface area contributed by atoms with E-state index in [9.17, 15) is 35.9 Å². The fourth-order valence-corrected chi connectivity index (χ4v) is 3.15. The number of halogens is 6. The molecule has 1 fully saturated rings. The lowest BCUT2D eigenvalue weighted by atomic mass is 10.1. The number of benzene rings is 2. The molecule has 1 aliphatic rings. The molecule has 2 amide bonds. The number of nitrogens with zero attached hydrogens (tertiary/aromatic N) is 2. The van der Waals surface area contributed by atoms with Crippen LogP contribution in [0.25, 0.3) is 0 Å². The standard InChI is InChI=1S/C19H14F6N2O2/c1-9-8-26(18(28)10-4-12(20)16(24)13(21)5-10)2-3-27(9)19(29)11-6-14(22)17(25)15(23)7-11/h4-7,9H,2-3,8H2,1H3/t9-/m0/s1. The fraction of sp³-hybridized carbons (Fsp3) is 0.263. The van der Waals surface area contributed by atoms with E-state index < -0.39 is 63.9 Å². The minimum atomic E-state index is -1.69. The van der Waals surface area contributed by atoms with Crippen LogP contribution in [-0.2, 0) is 0 Å². The van der Waals surface area contributed by atoms with Gasteiger partial charge in [0.25, 0.3) is 11.8 Å². The van der Waals surface area contributed by atoms with E-state index in [4.69, 9.17) is 0 Å². The topological polar surface area (TPSA) is 40.6 Å². The molecule has 4 nitrogen and oxygen atoms in total. The second-order valence-corrected chi connectivity index (χ2v) is 6.61. The molecule has 3 rings (SSSR count). The molecule has 0 spiro atoms. The summed E-state index contributed by atoms with van der Waals surface area (Å²) >= 11 is 0. The van der Waals surface area contributed by atoms with Gasteiger partial charge in [-0.05, 0) is 31.2 Å². The van der Waals surface area contributed by atoms with Gasteiger partial charge in [0.1, 0.15) is 0 Å². The van der Waals surface area contributed by atoms with Gasteiger partial charge in [-0.1, -0.05) is 0 Å². The van der Waals surface area contributed by atoms with Gasteiger partial charge >= 0.3 is 0 Å². The number of hydrogen-bond acceptors (Lipinski definition) is 2. The number of piperazine rings is 1. The van der Waals surface area contributed by atoms with Gasteiger partial charge in [-0.3, -0.25) is 9.59 Å². The summed E-state index contributed by atoms with van der Waals surface area (Å²) in [4.78, 5) is 27.4. The molecular weight excluding hydrogens is 402 g/mol. The highest BCUT2D eigenvalue weighted by atomic mass is 19.2. The Morgan fingerprint density at radius 1 is 0.759 bits per heavy atom. The lowest BCUT2D eigenvalue weighted by molar-refractivity contribution is 0.0413. The molecule has 2 aromatic carbocycles. The van der Waals surface area contributed by atoms with Gasteiger partial charge in [0.2, 0.25) is 0 Å². The highest BCUT2D eigenvalue weighted by Gasteiger charge is 2.32. The summed E-state index contributed by atoms with van der Waals surface area (Å²) in [6.07, 6.45) is 0. The Balaban J connectivity index is 1.75. The summed E-state index contributed by atoms with van der Waals surface area (Å²) < 4.78 is 79.7. The van der Waals surface area contributed by atoms with Gasteiger partial charge in [0.15, 0.2) is 34.9 Å². The van der Waals surface area contributed by atoms with Gasteiger partial charge in [-0.2, -0.15) is 0 Å². The lowest BCUT2D eigenvalue weighted by Crippen LogP contribution is -2.55. The molecule has 0 radical (unpaired) electrons. The van der Waals surface area contributed by atoms with E-state index in [2.05, 4.69) is 0 Å². The zero-order valence-electron chi connectivity index (χ0n) is 15.0. The number of rotatable bonds is 2. The second-order valence-electron chi connectivity index (χ2n) is 6.61. The summed E-state index contributed by atoms with van der Waals surface area (Å²) in [6.45, 7) is 1.43. The van der Waals surface area contributed by atoms with E-state index >= 15 is 0 Å². The Kier molecular flexibility index (Phi) is 5.54. The molecule has 0 bridgehead atoms. The van der Waals surface area contributed by atoms with Crippen LogP contribution in [0.5, 0.6) is 0 Å². The maximum atomic E-state index is 13.4. The van der Waals surface area contributed by atoms with Crippen LogP contribution in [0.3, 0.4) is 0 Å². The average molecular weight is 416 g/mol. The summed E-state index contributed by atoms with van der Waals surface area (Å²) in [5.74, 6) is -10.9. The van der Waals surface area contributed by atoms with Crippen LogP contribution in [-0.4, -0.2) is 47.3 Å². The molecule has 29 heavy (non-hydrogen) atoms. The monoisotopic (exact) mass is 416 g/mol. The van der Waals surface area contributed by atoms with Crippen molar-refractivity contribution < 1.29 is 35.9 Å². The molecule has 2 aromatic rings. The first-order valence-corrected chi connectivity index (χ1v) is 8.49. The highest BCUT2D eigenvalue weighted by molar-refractivity contribution is 5.96. The van der Waals surface area contributed by atoms with Crippen molar-refractivity contribution in [3.05, 3.63) is 70.3 Å². The number of carbonyl (C=O) groups is 2. The van der Waals surface area contributed by atoms with E-state index in [-0.39, 0.29) is 19.6 Å². The first kappa shape index (κ1) is 20.7. The Morgan fingerprint density at radius 2 is 1.17 bits per heavy atom. The van der Waals surface area contributed by atoms with Crippen LogP contribution < -0.4 is 0 Å². The third kappa shape index (κ3) is 3.92. The van der Waals surface area contributed by atoms with Crippen molar-refractivity contribution in [2.75, 3.05) is 19.6 Å². The van der Waals surface area contributed by atoms with E-state index in [0.717, 1.165) is 0 Å². The Labute approximate surface area is 161 Å². The molecule has 1 aliphatic heterocycles. The van der Waals surface area contributed by atoms with Gasteiger partial charge in [-0.15, -0.1) is 0 Å². The Morgan fingerprint density at radius 3 is 1.59 bits per heavy atom. The average Bonchev–Trinajstić information content (AvgIpc) is 2.68. The molecule has 0 unspecified atom stereocenters. The molecule has 0 aromatic heterocycles. The first-order valence-electron chi connectivity index (χ1n) is 8.49. The highest BCUT2D eigenvalue weighted by Crippen LogP contribution is 2.21. The maximum absolute atomic E-state index is 13.4. The number of hydrogen-bond donors (Lipinski definition) is 0. The van der Waals surface area contributed by atoms with Gasteiger partial charge in [0, 0.05) is 36.8 Å². The number of amides is 2. The van der Waals surface area contributed by atoms with E-state index in [1.807, 2.05) is 0 Å². The summed E-state index contributed by atoms with van der Waals surface area (Å²) in [5.41, 5.74) is -0.785. The van der Waals surface area contributed by atoms with Crippen molar-refractivity contribution in [1.82, 2.24) is 9.80 Å². The van der Waals surface area contributed by atoms with Crippen LogP contribution in [0.4, 0.5) is 26.3 Å². The van der Waals surface area contributed by atoms with Crippen LogP contribution in [0.2, 0.25) is 0 Å². The molecule has 0 aliphatic carbocycles. The first-order chi connectivity index (χ1) is 13.6. The summed E-state index contributed by atoms with van der Waals surface area (Å²) in [6, 6.07) is 1.69. The Hall–Kier alpha value is -3.04. The number of carbonyl (C=O) groups excluding carboxylic acids is 2. The van der Waals surface area contributed by atoms with E-state index in [1.54, 1.807) is 6.92 Å².